The second-order valence-corrected chi connectivity index (χ2v) is 6.91. The van der Waals surface area contributed by atoms with Gasteiger partial charge in [-0.3, -0.25) is 9.69 Å². The number of rotatable bonds is 4. The third-order valence-electron chi connectivity index (χ3n) is 5.24. The van der Waals surface area contributed by atoms with E-state index in [1.165, 1.54) is 5.56 Å². The lowest BCUT2D eigenvalue weighted by Gasteiger charge is -2.32. The molecule has 2 fully saturated rings. The predicted octanol–water partition coefficient (Wildman–Crippen LogP) is 1.89. The van der Waals surface area contributed by atoms with Crippen LogP contribution in [0.4, 0.5) is 0 Å². The van der Waals surface area contributed by atoms with Crippen LogP contribution < -0.4 is 5.32 Å². The van der Waals surface area contributed by atoms with Crippen LogP contribution in [-0.2, 0) is 6.54 Å². The van der Waals surface area contributed by atoms with Crippen LogP contribution in [0.2, 0.25) is 0 Å². The molecule has 6 nitrogen and oxygen atoms in total. The summed E-state index contributed by atoms with van der Waals surface area (Å²) in [5.41, 5.74) is 1.96. The molecule has 2 aromatic rings. The lowest BCUT2D eigenvalue weighted by Crippen LogP contribution is -2.49. The predicted molar refractivity (Wildman–Crippen MR) is 111 cm³/mol. The van der Waals surface area contributed by atoms with Crippen molar-refractivity contribution in [3.8, 4) is 0 Å². The van der Waals surface area contributed by atoms with Gasteiger partial charge in [-0.15, -0.1) is 24.8 Å². The minimum absolute atomic E-state index is 0. The van der Waals surface area contributed by atoms with Crippen LogP contribution in [-0.4, -0.2) is 70.6 Å². The lowest BCUT2D eigenvalue weighted by atomic mass is 10.1. The number of likely N-dealkylation sites (tertiary alicyclic amines) is 1. The molecule has 0 bridgehead atoms. The minimum atomic E-state index is 0. The van der Waals surface area contributed by atoms with Gasteiger partial charge in [-0.2, -0.15) is 0 Å². The zero-order chi connectivity index (χ0) is 17.1. The van der Waals surface area contributed by atoms with Crippen LogP contribution in [0, 0.1) is 0 Å². The van der Waals surface area contributed by atoms with E-state index in [4.69, 9.17) is 0 Å². The summed E-state index contributed by atoms with van der Waals surface area (Å²) in [5.74, 6) is 0.159. The number of hydrogen-bond acceptors (Lipinski definition) is 4. The molecule has 1 aromatic heterocycles. The number of imidazole rings is 1. The Labute approximate surface area is 172 Å². The molecule has 0 radical (unpaired) electrons. The standard InChI is InChI=1S/C19H25N5O.2ClH/c25-19(24-9-5-18(14-24)23-11-7-20-8-12-23)17-3-1-16(2-4-17)13-22-10-6-21-15-22;;/h1-4,6,10,15,18,20H,5,7-9,11-14H2;2*1H. The highest BCUT2D eigenvalue weighted by atomic mass is 35.5. The maximum absolute atomic E-state index is 12.8. The molecular formula is C19H27Cl2N5O. The fourth-order valence-electron chi connectivity index (χ4n) is 3.80. The van der Waals surface area contributed by atoms with Gasteiger partial charge in [0.2, 0.25) is 0 Å². The molecule has 2 aliphatic rings. The molecule has 0 aliphatic carbocycles. The first-order chi connectivity index (χ1) is 12.3. The topological polar surface area (TPSA) is 53.4 Å². The third-order valence-corrected chi connectivity index (χ3v) is 5.24. The van der Waals surface area contributed by atoms with Gasteiger partial charge in [0, 0.05) is 69.8 Å². The first-order valence-electron chi connectivity index (χ1n) is 9.08. The van der Waals surface area contributed by atoms with Crippen molar-refractivity contribution in [1.82, 2.24) is 24.7 Å². The van der Waals surface area contributed by atoms with E-state index < -0.39 is 0 Å². The van der Waals surface area contributed by atoms with Gasteiger partial charge in [-0.1, -0.05) is 12.1 Å². The summed E-state index contributed by atoms with van der Waals surface area (Å²) in [7, 11) is 0. The molecule has 1 aromatic carbocycles. The normalized spacial score (nSPS) is 20.0. The first kappa shape index (κ1) is 21.7. The Morgan fingerprint density at radius 2 is 1.85 bits per heavy atom. The maximum Gasteiger partial charge on any atom is 0.253 e. The van der Waals surface area contributed by atoms with Gasteiger partial charge in [-0.05, 0) is 24.1 Å². The number of hydrogen-bond donors (Lipinski definition) is 1. The molecule has 1 N–H and O–H groups in total. The molecule has 27 heavy (non-hydrogen) atoms. The highest BCUT2D eigenvalue weighted by molar-refractivity contribution is 5.94. The molecule has 0 saturated carbocycles. The molecular weight excluding hydrogens is 385 g/mol. The fourth-order valence-corrected chi connectivity index (χ4v) is 3.80. The molecule has 2 saturated heterocycles. The second kappa shape index (κ2) is 10.1. The van der Waals surface area contributed by atoms with Crippen LogP contribution in [0.3, 0.4) is 0 Å². The summed E-state index contributed by atoms with van der Waals surface area (Å²) in [4.78, 5) is 21.4. The second-order valence-electron chi connectivity index (χ2n) is 6.91. The number of amides is 1. The summed E-state index contributed by atoms with van der Waals surface area (Å²) in [6.45, 7) is 6.81. The number of aromatic nitrogens is 2. The van der Waals surface area contributed by atoms with Crippen LogP contribution >= 0.6 is 24.8 Å². The van der Waals surface area contributed by atoms with Gasteiger partial charge >= 0.3 is 0 Å². The Bertz CT molecular complexity index is 701. The highest BCUT2D eigenvalue weighted by Gasteiger charge is 2.31. The first-order valence-corrected chi connectivity index (χ1v) is 9.08. The summed E-state index contributed by atoms with van der Waals surface area (Å²) in [6, 6.07) is 8.50. The van der Waals surface area contributed by atoms with E-state index in [1.807, 2.05) is 39.9 Å². The Balaban J connectivity index is 0.00000131. The number of carbonyl (C=O) groups is 1. The molecule has 3 heterocycles. The molecule has 1 atom stereocenters. The molecule has 2 aliphatic heterocycles. The third kappa shape index (κ3) is 5.23. The summed E-state index contributed by atoms with van der Waals surface area (Å²) < 4.78 is 2.02. The number of halogens is 2. The number of piperazine rings is 1. The zero-order valence-corrected chi connectivity index (χ0v) is 16.9. The molecule has 4 rings (SSSR count). The number of nitrogens with zero attached hydrogens (tertiary/aromatic N) is 4. The Morgan fingerprint density at radius 3 is 2.52 bits per heavy atom. The van der Waals surface area contributed by atoms with E-state index in [0.717, 1.165) is 57.8 Å². The minimum Gasteiger partial charge on any atom is -0.337 e. The number of benzene rings is 1. The van der Waals surface area contributed by atoms with E-state index in [-0.39, 0.29) is 30.7 Å². The molecule has 1 amide bonds. The van der Waals surface area contributed by atoms with Crippen molar-refractivity contribution in [2.75, 3.05) is 39.3 Å². The number of carbonyl (C=O) groups excluding carboxylic acids is 1. The van der Waals surface area contributed by atoms with Crippen molar-refractivity contribution in [2.45, 2.75) is 19.0 Å². The van der Waals surface area contributed by atoms with E-state index in [0.29, 0.717) is 6.04 Å². The molecule has 148 valence electrons. The van der Waals surface area contributed by atoms with Gasteiger partial charge in [0.15, 0.2) is 0 Å². The van der Waals surface area contributed by atoms with Crippen LogP contribution in [0.5, 0.6) is 0 Å². The largest absolute Gasteiger partial charge is 0.337 e. The smallest absolute Gasteiger partial charge is 0.253 e. The van der Waals surface area contributed by atoms with Crippen LogP contribution in [0.25, 0.3) is 0 Å². The van der Waals surface area contributed by atoms with Gasteiger partial charge < -0.3 is 14.8 Å². The van der Waals surface area contributed by atoms with Crippen molar-refractivity contribution < 1.29 is 4.79 Å². The summed E-state index contributed by atoms with van der Waals surface area (Å²) >= 11 is 0. The molecule has 1 unspecified atom stereocenters. The summed E-state index contributed by atoms with van der Waals surface area (Å²) in [6.07, 6.45) is 6.61. The highest BCUT2D eigenvalue weighted by Crippen LogP contribution is 2.19. The van der Waals surface area contributed by atoms with Crippen LogP contribution in [0.15, 0.2) is 43.0 Å². The quantitative estimate of drug-likeness (QED) is 0.834. The van der Waals surface area contributed by atoms with Crippen molar-refractivity contribution >= 4 is 30.7 Å². The average Bonchev–Trinajstić information content (AvgIpc) is 3.34. The molecule has 8 heteroatoms. The Kier molecular flexibility index (Phi) is 8.10. The van der Waals surface area contributed by atoms with Crippen LogP contribution in [0.1, 0.15) is 22.3 Å². The number of nitrogens with one attached hydrogen (secondary N) is 1. The van der Waals surface area contributed by atoms with E-state index >= 15 is 0 Å². The lowest BCUT2D eigenvalue weighted by molar-refractivity contribution is 0.0773. The van der Waals surface area contributed by atoms with Gasteiger partial charge in [-0.25, -0.2) is 4.98 Å². The van der Waals surface area contributed by atoms with E-state index in [9.17, 15) is 4.79 Å². The van der Waals surface area contributed by atoms with Crippen molar-refractivity contribution in [3.63, 3.8) is 0 Å². The maximum atomic E-state index is 12.8. The van der Waals surface area contributed by atoms with E-state index in [1.54, 1.807) is 12.5 Å². The average molecular weight is 412 g/mol. The van der Waals surface area contributed by atoms with Crippen molar-refractivity contribution in [2.24, 2.45) is 0 Å². The Morgan fingerprint density at radius 1 is 1.11 bits per heavy atom. The van der Waals surface area contributed by atoms with E-state index in [2.05, 4.69) is 15.2 Å². The summed E-state index contributed by atoms with van der Waals surface area (Å²) in [5, 5.41) is 3.39. The van der Waals surface area contributed by atoms with Crippen molar-refractivity contribution in [1.29, 1.82) is 0 Å². The van der Waals surface area contributed by atoms with Gasteiger partial charge in [0.25, 0.3) is 5.91 Å². The van der Waals surface area contributed by atoms with Gasteiger partial charge in [0.1, 0.15) is 0 Å². The Hall–Kier alpha value is -1.60. The monoisotopic (exact) mass is 411 g/mol. The molecule has 0 spiro atoms. The zero-order valence-electron chi connectivity index (χ0n) is 15.3. The van der Waals surface area contributed by atoms with Gasteiger partial charge in [0.05, 0.1) is 6.33 Å². The SMILES string of the molecule is Cl.Cl.O=C(c1ccc(Cn2ccnc2)cc1)N1CCC(N2CCNCC2)C1. The fraction of sp³-hybridized carbons (Fsp3) is 0.474. The van der Waals surface area contributed by atoms with Crippen molar-refractivity contribution in [3.05, 3.63) is 54.1 Å².